The SMILES string of the molecule is CCN(C)C(=O)CNC(=O)N1CC(CC(=O)O)C1. The molecular weight excluding hydrogens is 238 g/mol. The topological polar surface area (TPSA) is 90.0 Å². The summed E-state index contributed by atoms with van der Waals surface area (Å²) in [7, 11) is 1.67. The summed E-state index contributed by atoms with van der Waals surface area (Å²) in [6, 6.07) is -0.311. The average molecular weight is 257 g/mol. The zero-order valence-corrected chi connectivity index (χ0v) is 10.7. The molecule has 0 bridgehead atoms. The van der Waals surface area contributed by atoms with Crippen molar-refractivity contribution in [2.45, 2.75) is 13.3 Å². The van der Waals surface area contributed by atoms with Gasteiger partial charge in [0.1, 0.15) is 0 Å². The lowest BCUT2D eigenvalue weighted by molar-refractivity contribution is -0.139. The van der Waals surface area contributed by atoms with Gasteiger partial charge in [-0.05, 0) is 6.92 Å². The summed E-state index contributed by atoms with van der Waals surface area (Å²) >= 11 is 0. The van der Waals surface area contributed by atoms with E-state index in [4.69, 9.17) is 5.11 Å². The van der Waals surface area contributed by atoms with Crippen LogP contribution in [0.25, 0.3) is 0 Å². The van der Waals surface area contributed by atoms with E-state index >= 15 is 0 Å². The van der Waals surface area contributed by atoms with Crippen LogP contribution in [0.3, 0.4) is 0 Å². The first-order chi connectivity index (χ1) is 8.43. The fraction of sp³-hybridized carbons (Fsp3) is 0.727. The number of carboxylic acid groups (broad SMARTS) is 1. The number of carboxylic acids is 1. The van der Waals surface area contributed by atoms with E-state index in [0.717, 1.165) is 0 Å². The van der Waals surface area contributed by atoms with Crippen LogP contribution in [0.1, 0.15) is 13.3 Å². The van der Waals surface area contributed by atoms with Gasteiger partial charge < -0.3 is 20.2 Å². The standard InChI is InChI=1S/C11H19N3O4/c1-3-13(2)9(15)5-12-11(18)14-6-8(7-14)4-10(16)17/h8H,3-7H2,1-2H3,(H,12,18)(H,16,17). The molecule has 0 spiro atoms. The Balaban J connectivity index is 2.20. The Morgan fingerprint density at radius 2 is 2.00 bits per heavy atom. The third-order valence-electron chi connectivity index (χ3n) is 3.00. The van der Waals surface area contributed by atoms with Crippen molar-refractivity contribution in [1.29, 1.82) is 0 Å². The molecule has 0 radical (unpaired) electrons. The molecule has 0 aliphatic carbocycles. The second kappa shape index (κ2) is 6.23. The highest BCUT2D eigenvalue weighted by Gasteiger charge is 2.32. The van der Waals surface area contributed by atoms with E-state index in [1.807, 2.05) is 6.92 Å². The van der Waals surface area contributed by atoms with Crippen LogP contribution in [0.15, 0.2) is 0 Å². The number of carbonyl (C=O) groups is 3. The lowest BCUT2D eigenvalue weighted by atomic mass is 9.97. The van der Waals surface area contributed by atoms with Gasteiger partial charge in [0.15, 0.2) is 0 Å². The highest BCUT2D eigenvalue weighted by atomic mass is 16.4. The molecule has 1 heterocycles. The van der Waals surface area contributed by atoms with E-state index in [1.165, 1.54) is 9.80 Å². The van der Waals surface area contributed by atoms with Crippen LogP contribution in [0, 0.1) is 5.92 Å². The second-order valence-electron chi connectivity index (χ2n) is 4.44. The van der Waals surface area contributed by atoms with Crippen LogP contribution < -0.4 is 5.32 Å². The molecular formula is C11H19N3O4. The molecule has 7 nitrogen and oxygen atoms in total. The molecule has 0 aromatic heterocycles. The minimum atomic E-state index is -0.847. The molecule has 0 aromatic rings. The smallest absolute Gasteiger partial charge is 0.317 e. The number of rotatable bonds is 5. The molecule has 1 aliphatic rings. The average Bonchev–Trinajstić information content (AvgIpc) is 2.28. The lowest BCUT2D eigenvalue weighted by Gasteiger charge is -2.38. The summed E-state index contributed by atoms with van der Waals surface area (Å²) in [6.07, 6.45) is 0.0846. The Morgan fingerprint density at radius 1 is 1.39 bits per heavy atom. The third-order valence-corrected chi connectivity index (χ3v) is 3.00. The quantitative estimate of drug-likeness (QED) is 0.700. The van der Waals surface area contributed by atoms with Gasteiger partial charge in [0.05, 0.1) is 13.0 Å². The van der Waals surface area contributed by atoms with Crippen molar-refractivity contribution in [3.8, 4) is 0 Å². The van der Waals surface area contributed by atoms with Gasteiger partial charge in [-0.1, -0.05) is 0 Å². The number of nitrogens with zero attached hydrogens (tertiary/aromatic N) is 2. The maximum Gasteiger partial charge on any atom is 0.317 e. The normalized spacial score (nSPS) is 14.9. The Labute approximate surface area is 106 Å². The van der Waals surface area contributed by atoms with Crippen molar-refractivity contribution in [1.82, 2.24) is 15.1 Å². The Kier molecular flexibility index (Phi) is 4.94. The molecule has 7 heteroatoms. The molecule has 18 heavy (non-hydrogen) atoms. The molecule has 0 aromatic carbocycles. The van der Waals surface area contributed by atoms with E-state index in [9.17, 15) is 14.4 Å². The van der Waals surface area contributed by atoms with Crippen LogP contribution in [0.5, 0.6) is 0 Å². The second-order valence-corrected chi connectivity index (χ2v) is 4.44. The summed E-state index contributed by atoms with van der Waals surface area (Å²) in [6.45, 7) is 3.31. The molecule has 1 rings (SSSR count). The largest absolute Gasteiger partial charge is 0.481 e. The maximum absolute atomic E-state index is 11.6. The summed E-state index contributed by atoms with van der Waals surface area (Å²) in [4.78, 5) is 36.5. The molecule has 0 saturated carbocycles. The van der Waals surface area contributed by atoms with Crippen LogP contribution in [0.2, 0.25) is 0 Å². The highest BCUT2D eigenvalue weighted by molar-refractivity contribution is 5.84. The number of nitrogens with one attached hydrogen (secondary N) is 1. The number of amides is 3. The molecule has 1 fully saturated rings. The zero-order valence-electron chi connectivity index (χ0n) is 10.7. The maximum atomic E-state index is 11.6. The van der Waals surface area contributed by atoms with Crippen molar-refractivity contribution in [3.63, 3.8) is 0 Å². The van der Waals surface area contributed by atoms with Crippen LogP contribution in [-0.2, 0) is 9.59 Å². The van der Waals surface area contributed by atoms with Gasteiger partial charge in [0.2, 0.25) is 5.91 Å². The van der Waals surface area contributed by atoms with Gasteiger partial charge in [0, 0.05) is 32.6 Å². The number of hydrogen-bond acceptors (Lipinski definition) is 3. The van der Waals surface area contributed by atoms with Crippen molar-refractivity contribution >= 4 is 17.9 Å². The van der Waals surface area contributed by atoms with E-state index in [-0.39, 0.29) is 30.8 Å². The number of carbonyl (C=O) groups excluding carboxylic acids is 2. The Bertz CT molecular complexity index is 339. The van der Waals surface area contributed by atoms with E-state index in [2.05, 4.69) is 5.32 Å². The van der Waals surface area contributed by atoms with E-state index in [1.54, 1.807) is 7.05 Å². The highest BCUT2D eigenvalue weighted by Crippen LogP contribution is 2.18. The summed E-state index contributed by atoms with van der Waals surface area (Å²) in [5.41, 5.74) is 0. The number of aliphatic carboxylic acids is 1. The van der Waals surface area contributed by atoms with Gasteiger partial charge in [-0.3, -0.25) is 9.59 Å². The van der Waals surface area contributed by atoms with Gasteiger partial charge in [0.25, 0.3) is 0 Å². The van der Waals surface area contributed by atoms with Crippen LogP contribution in [-0.4, -0.2) is 66.0 Å². The number of hydrogen-bond donors (Lipinski definition) is 2. The van der Waals surface area contributed by atoms with E-state index in [0.29, 0.717) is 19.6 Å². The molecule has 102 valence electrons. The first-order valence-electron chi connectivity index (χ1n) is 5.92. The number of likely N-dealkylation sites (N-methyl/N-ethyl adjacent to an activating group) is 1. The first kappa shape index (κ1) is 14.3. The first-order valence-corrected chi connectivity index (χ1v) is 5.92. The van der Waals surface area contributed by atoms with E-state index < -0.39 is 5.97 Å². The predicted molar refractivity (Wildman–Crippen MR) is 64.0 cm³/mol. The molecule has 0 unspecified atom stereocenters. The fourth-order valence-corrected chi connectivity index (χ4v) is 1.69. The summed E-state index contributed by atoms with van der Waals surface area (Å²) in [5, 5.41) is 11.1. The monoisotopic (exact) mass is 257 g/mol. The van der Waals surface area contributed by atoms with Crippen LogP contribution >= 0.6 is 0 Å². The fourth-order valence-electron chi connectivity index (χ4n) is 1.69. The lowest BCUT2D eigenvalue weighted by Crippen LogP contribution is -2.55. The van der Waals surface area contributed by atoms with Gasteiger partial charge in [-0.25, -0.2) is 4.79 Å². The minimum Gasteiger partial charge on any atom is -0.481 e. The Hall–Kier alpha value is -1.79. The summed E-state index contributed by atoms with van der Waals surface area (Å²) < 4.78 is 0. The van der Waals surface area contributed by atoms with Crippen molar-refractivity contribution in [2.75, 3.05) is 33.2 Å². The van der Waals surface area contributed by atoms with Gasteiger partial charge in [-0.2, -0.15) is 0 Å². The number of urea groups is 1. The zero-order chi connectivity index (χ0) is 13.7. The predicted octanol–water partition coefficient (Wildman–Crippen LogP) is -0.419. The van der Waals surface area contributed by atoms with Crippen molar-refractivity contribution in [3.05, 3.63) is 0 Å². The molecule has 3 amide bonds. The van der Waals surface area contributed by atoms with Crippen molar-refractivity contribution in [2.24, 2.45) is 5.92 Å². The summed E-state index contributed by atoms with van der Waals surface area (Å²) in [5.74, 6) is -0.962. The number of likely N-dealkylation sites (tertiary alicyclic amines) is 1. The van der Waals surface area contributed by atoms with Gasteiger partial charge in [-0.15, -0.1) is 0 Å². The minimum absolute atomic E-state index is 0.0245. The molecule has 1 aliphatic heterocycles. The third kappa shape index (κ3) is 3.90. The van der Waals surface area contributed by atoms with Gasteiger partial charge >= 0.3 is 12.0 Å². The molecule has 2 N–H and O–H groups in total. The van der Waals surface area contributed by atoms with Crippen molar-refractivity contribution < 1.29 is 19.5 Å². The van der Waals surface area contributed by atoms with Crippen LogP contribution in [0.4, 0.5) is 4.79 Å². The Morgan fingerprint density at radius 3 is 2.50 bits per heavy atom. The molecule has 0 atom stereocenters. The molecule has 1 saturated heterocycles.